The van der Waals surface area contributed by atoms with Gasteiger partial charge in [-0.3, -0.25) is 20.2 Å². The number of nitrogens with zero attached hydrogens (tertiary/aromatic N) is 5. The van der Waals surface area contributed by atoms with Crippen LogP contribution in [0.2, 0.25) is 0 Å². The van der Waals surface area contributed by atoms with Gasteiger partial charge >= 0.3 is 11.4 Å². The standard InChI is InChI=1S/C6H4N6O5/c7-4-2(11(14)15)1-3(12(16)17)5-6(4)10(13)9-8-5/h1,13H,7H2. The summed E-state index contributed by atoms with van der Waals surface area (Å²) in [4.78, 5) is 19.7. The smallest absolute Gasteiger partial charge is 0.306 e. The minimum absolute atomic E-state index is 0.157. The molecule has 1 heterocycles. The molecule has 17 heavy (non-hydrogen) atoms. The Labute approximate surface area is 91.3 Å². The van der Waals surface area contributed by atoms with Gasteiger partial charge < -0.3 is 10.9 Å². The maximum absolute atomic E-state index is 10.7. The van der Waals surface area contributed by atoms with Crippen LogP contribution in [0.5, 0.6) is 0 Å². The molecule has 11 nitrogen and oxygen atoms in total. The van der Waals surface area contributed by atoms with E-state index in [2.05, 4.69) is 10.3 Å². The summed E-state index contributed by atoms with van der Waals surface area (Å²) >= 11 is 0. The quantitative estimate of drug-likeness (QED) is 0.322. The predicted octanol–water partition coefficient (Wildman–Crippen LogP) is 0.0672. The van der Waals surface area contributed by atoms with Gasteiger partial charge in [-0.25, -0.2) is 0 Å². The highest BCUT2D eigenvalue weighted by Gasteiger charge is 2.28. The van der Waals surface area contributed by atoms with Crippen LogP contribution >= 0.6 is 0 Å². The fourth-order valence-corrected chi connectivity index (χ4v) is 1.37. The summed E-state index contributed by atoms with van der Waals surface area (Å²) in [5.41, 5.74) is 2.93. The molecule has 0 saturated heterocycles. The summed E-state index contributed by atoms with van der Waals surface area (Å²) in [6, 6.07) is 0.673. The molecule has 1 aromatic carbocycles. The van der Waals surface area contributed by atoms with Crippen molar-refractivity contribution < 1.29 is 15.1 Å². The van der Waals surface area contributed by atoms with Crippen molar-refractivity contribution in [3.05, 3.63) is 26.3 Å². The first-order valence-electron chi connectivity index (χ1n) is 4.09. The third-order valence-corrected chi connectivity index (χ3v) is 2.09. The van der Waals surface area contributed by atoms with Gasteiger partial charge in [0.2, 0.25) is 0 Å². The number of nitrogen functional groups attached to an aromatic ring is 1. The Hall–Kier alpha value is -2.98. The van der Waals surface area contributed by atoms with Crippen LogP contribution in [0, 0.1) is 20.2 Å². The number of nitro groups is 2. The summed E-state index contributed by atoms with van der Waals surface area (Å²) in [6.07, 6.45) is 0. The molecule has 0 radical (unpaired) electrons. The molecule has 0 aliphatic carbocycles. The van der Waals surface area contributed by atoms with Gasteiger partial charge in [0.1, 0.15) is 5.69 Å². The van der Waals surface area contributed by atoms with E-state index in [-0.39, 0.29) is 15.9 Å². The molecule has 11 heteroatoms. The normalized spacial score (nSPS) is 10.6. The first kappa shape index (κ1) is 10.5. The highest BCUT2D eigenvalue weighted by atomic mass is 16.6. The van der Waals surface area contributed by atoms with E-state index in [0.717, 1.165) is 0 Å². The van der Waals surface area contributed by atoms with Crippen molar-refractivity contribution in [3.63, 3.8) is 0 Å². The summed E-state index contributed by atoms with van der Waals surface area (Å²) in [6.45, 7) is 0. The van der Waals surface area contributed by atoms with Gasteiger partial charge in [0, 0.05) is 0 Å². The first-order valence-corrected chi connectivity index (χ1v) is 4.09. The summed E-state index contributed by atoms with van der Waals surface area (Å²) in [7, 11) is 0. The number of aromatic nitrogens is 3. The average molecular weight is 240 g/mol. The molecule has 0 amide bonds. The highest BCUT2D eigenvalue weighted by molar-refractivity contribution is 5.97. The third-order valence-electron chi connectivity index (χ3n) is 2.09. The second-order valence-corrected chi connectivity index (χ2v) is 3.02. The van der Waals surface area contributed by atoms with Gasteiger partial charge in [-0.1, -0.05) is 4.85 Å². The zero-order valence-corrected chi connectivity index (χ0v) is 7.97. The van der Waals surface area contributed by atoms with Gasteiger partial charge in [0.15, 0.2) is 11.0 Å². The molecular weight excluding hydrogens is 236 g/mol. The Morgan fingerprint density at radius 3 is 2.41 bits per heavy atom. The number of anilines is 1. The lowest BCUT2D eigenvalue weighted by atomic mass is 10.2. The van der Waals surface area contributed by atoms with Crippen molar-refractivity contribution in [1.29, 1.82) is 0 Å². The molecule has 0 fully saturated rings. The first-order chi connectivity index (χ1) is 7.93. The van der Waals surface area contributed by atoms with Crippen LogP contribution in [0.4, 0.5) is 17.1 Å². The Bertz CT molecular complexity index is 648. The topological polar surface area (TPSA) is 163 Å². The number of fused-ring (bicyclic) bond motifs is 1. The molecule has 0 aliphatic rings. The maximum Gasteiger partial charge on any atom is 0.306 e. The van der Waals surface area contributed by atoms with Gasteiger partial charge in [0.25, 0.3) is 0 Å². The Kier molecular flexibility index (Phi) is 2.02. The summed E-state index contributed by atoms with van der Waals surface area (Å²) < 4.78 is 0. The minimum atomic E-state index is -0.894. The molecule has 0 spiro atoms. The van der Waals surface area contributed by atoms with E-state index >= 15 is 0 Å². The molecule has 0 aliphatic heterocycles. The molecule has 88 valence electrons. The van der Waals surface area contributed by atoms with Gasteiger partial charge in [-0.05, 0) is 5.21 Å². The van der Waals surface area contributed by atoms with E-state index in [1.165, 1.54) is 0 Å². The van der Waals surface area contributed by atoms with Crippen LogP contribution in [0.3, 0.4) is 0 Å². The third kappa shape index (κ3) is 1.37. The maximum atomic E-state index is 10.7. The average Bonchev–Trinajstić information content (AvgIpc) is 2.61. The molecule has 3 N–H and O–H groups in total. The minimum Gasteiger partial charge on any atom is -0.410 e. The fourth-order valence-electron chi connectivity index (χ4n) is 1.37. The molecule has 0 bridgehead atoms. The lowest BCUT2D eigenvalue weighted by Gasteiger charge is -1.99. The van der Waals surface area contributed by atoms with E-state index < -0.39 is 26.9 Å². The zero-order chi connectivity index (χ0) is 12.7. The molecule has 2 aromatic rings. The Morgan fingerprint density at radius 2 is 1.88 bits per heavy atom. The van der Waals surface area contributed by atoms with Crippen molar-refractivity contribution >= 4 is 28.1 Å². The van der Waals surface area contributed by atoms with E-state index in [4.69, 9.17) is 5.73 Å². The van der Waals surface area contributed by atoms with Crippen molar-refractivity contribution in [2.75, 3.05) is 5.73 Å². The van der Waals surface area contributed by atoms with E-state index in [1.54, 1.807) is 0 Å². The monoisotopic (exact) mass is 240 g/mol. The lowest BCUT2D eigenvalue weighted by molar-refractivity contribution is -0.392. The number of benzene rings is 1. The number of nitro benzene ring substituents is 2. The number of rotatable bonds is 2. The second-order valence-electron chi connectivity index (χ2n) is 3.02. The molecule has 0 saturated carbocycles. The number of hydrogen-bond donors (Lipinski definition) is 2. The lowest BCUT2D eigenvalue weighted by Crippen LogP contribution is -2.02. The van der Waals surface area contributed by atoms with Crippen molar-refractivity contribution in [3.8, 4) is 0 Å². The molecule has 0 atom stereocenters. The van der Waals surface area contributed by atoms with Crippen molar-refractivity contribution in [2.24, 2.45) is 0 Å². The van der Waals surface area contributed by atoms with Crippen LogP contribution < -0.4 is 5.73 Å². The zero-order valence-electron chi connectivity index (χ0n) is 7.97. The molecule has 2 rings (SSSR count). The van der Waals surface area contributed by atoms with Crippen LogP contribution in [0.25, 0.3) is 11.0 Å². The highest BCUT2D eigenvalue weighted by Crippen LogP contribution is 2.35. The molecular formula is C6H4N6O5. The van der Waals surface area contributed by atoms with Gasteiger partial charge in [0.05, 0.1) is 15.9 Å². The van der Waals surface area contributed by atoms with Gasteiger partial charge in [-0.2, -0.15) is 0 Å². The molecule has 0 unspecified atom stereocenters. The van der Waals surface area contributed by atoms with Crippen LogP contribution in [-0.2, 0) is 0 Å². The predicted molar refractivity (Wildman–Crippen MR) is 52.4 cm³/mol. The number of nitrogens with two attached hydrogens (primary N) is 1. The Morgan fingerprint density at radius 1 is 1.29 bits per heavy atom. The van der Waals surface area contributed by atoms with E-state index in [0.29, 0.717) is 6.07 Å². The molecule has 1 aromatic heterocycles. The largest absolute Gasteiger partial charge is 0.410 e. The van der Waals surface area contributed by atoms with Crippen molar-refractivity contribution in [2.45, 2.75) is 0 Å². The van der Waals surface area contributed by atoms with Crippen LogP contribution in [0.15, 0.2) is 6.07 Å². The SMILES string of the molecule is Nc1c([N+](=O)[O-])cc([N+](=O)[O-])c2nnn(O)c12. The second kappa shape index (κ2) is 3.26. The van der Waals surface area contributed by atoms with Crippen LogP contribution in [0.1, 0.15) is 0 Å². The number of non-ortho nitro benzene ring substituents is 1. The van der Waals surface area contributed by atoms with Crippen LogP contribution in [-0.4, -0.2) is 30.2 Å². The van der Waals surface area contributed by atoms with E-state index in [9.17, 15) is 25.4 Å². The van der Waals surface area contributed by atoms with Crippen molar-refractivity contribution in [1.82, 2.24) is 15.2 Å². The van der Waals surface area contributed by atoms with E-state index in [1.807, 2.05) is 0 Å². The Balaban J connectivity index is 2.97. The summed E-state index contributed by atoms with van der Waals surface area (Å²) in [5.74, 6) is 0. The fraction of sp³-hybridized carbons (Fsp3) is 0. The van der Waals surface area contributed by atoms with Gasteiger partial charge in [-0.15, -0.1) is 5.10 Å². The summed E-state index contributed by atoms with van der Waals surface area (Å²) in [5, 5.41) is 37.0. The number of hydrogen-bond acceptors (Lipinski definition) is 8.